The van der Waals surface area contributed by atoms with Crippen LogP contribution in [0.2, 0.25) is 0 Å². The van der Waals surface area contributed by atoms with Crippen LogP contribution in [0.25, 0.3) is 245 Å². The number of para-hydroxylation sites is 4. The lowest BCUT2D eigenvalue weighted by Gasteiger charge is -2.14. The summed E-state index contributed by atoms with van der Waals surface area (Å²) in [6.07, 6.45) is 0. The number of benzene rings is 19. The van der Waals surface area contributed by atoms with Gasteiger partial charge in [-0.2, -0.15) is 19.9 Å². The lowest BCUT2D eigenvalue weighted by molar-refractivity contribution is 0.953. The van der Waals surface area contributed by atoms with Crippen LogP contribution in [0.4, 0.5) is 0 Å². The van der Waals surface area contributed by atoms with Gasteiger partial charge in [0, 0.05) is 76.7 Å². The molecular formula is C120H76N10. The average molecular weight is 1660 g/mol. The third kappa shape index (κ3) is 13.0. The molecule has 0 aliphatic rings. The highest BCUT2D eigenvalue weighted by Crippen LogP contribution is 2.47. The van der Waals surface area contributed by atoms with E-state index in [1.54, 1.807) is 0 Å². The molecule has 25 aromatic rings. The van der Waals surface area contributed by atoms with Crippen molar-refractivity contribution in [2.45, 2.75) is 0 Å². The van der Waals surface area contributed by atoms with Crippen molar-refractivity contribution < 1.29 is 0 Å². The molecule has 0 unspecified atom stereocenters. The lowest BCUT2D eigenvalue weighted by atomic mass is 9.93. The fourth-order valence-corrected chi connectivity index (χ4v) is 19.5. The highest BCUT2D eigenvalue weighted by atomic mass is 15.2. The van der Waals surface area contributed by atoms with E-state index in [0.29, 0.717) is 35.2 Å². The Morgan fingerprint density at radius 1 is 0.123 bits per heavy atom. The van der Waals surface area contributed by atoms with Gasteiger partial charge in [-0.15, -0.1) is 0 Å². The van der Waals surface area contributed by atoms with E-state index in [0.717, 1.165) is 204 Å². The minimum Gasteiger partial charge on any atom is -0.307 e. The van der Waals surface area contributed by atoms with E-state index in [-0.39, 0.29) is 0 Å². The van der Waals surface area contributed by atoms with Crippen LogP contribution in [0.15, 0.2) is 461 Å². The van der Waals surface area contributed by atoms with E-state index in [9.17, 15) is 0 Å². The Morgan fingerprint density at radius 2 is 0.323 bits per heavy atom. The summed E-state index contributed by atoms with van der Waals surface area (Å²) in [5.74, 6) is 3.34. The van der Waals surface area contributed by atoms with Crippen molar-refractivity contribution in [3.63, 3.8) is 0 Å². The Morgan fingerprint density at radius 3 is 0.646 bits per heavy atom. The van der Waals surface area contributed by atoms with E-state index in [4.69, 9.17) is 29.9 Å². The number of fused-ring (bicyclic) bond motifs is 14. The van der Waals surface area contributed by atoms with Crippen molar-refractivity contribution in [1.82, 2.24) is 48.2 Å². The molecule has 0 amide bonds. The van der Waals surface area contributed by atoms with Gasteiger partial charge in [-0.1, -0.05) is 364 Å². The molecule has 6 aromatic heterocycles. The van der Waals surface area contributed by atoms with Gasteiger partial charge in [0.1, 0.15) is 0 Å². The van der Waals surface area contributed by atoms with Gasteiger partial charge >= 0.3 is 0 Å². The van der Waals surface area contributed by atoms with E-state index in [1.165, 1.54) is 5.56 Å². The van der Waals surface area contributed by atoms with Gasteiger partial charge in [0.2, 0.25) is 11.9 Å². The summed E-state index contributed by atoms with van der Waals surface area (Å²) in [5.41, 5.74) is 31.8. The molecule has 0 spiro atoms. The maximum absolute atomic E-state index is 5.60. The summed E-state index contributed by atoms with van der Waals surface area (Å²) in [7, 11) is 0. The standard InChI is InChI=1S/C120H76N10/c1-6-29-77(30-7-1)80-57-61-97(62-58-80)127-107-53-20-16-49-99(107)103-65-67-105-101-51-18-22-55-109(101)129(113(105)111(103)127)119-123-115(82-35-12-4-13-36-82)121-117(125-119)92-47-27-45-90(72-92)89-44-26-43-88(71-89)87-42-25-41-86(70-87)85-40-24-39-84(69-85)81-59-63-98(64-60-81)128-108-54-21-17-50-100(108)104-66-68-106-102-52-19-23-56-110(102)130(114(106)112(104)128)120-124-116(83-37-14-5-15-38-83)122-118(126-120)93-48-28-46-91(73-93)96-75-94(78-31-8-2-9-32-78)74-95(76-96)79-33-10-3-11-34-79/h1-76H. The summed E-state index contributed by atoms with van der Waals surface area (Å²) >= 11 is 0. The van der Waals surface area contributed by atoms with Gasteiger partial charge in [0.25, 0.3) is 0 Å². The molecule has 0 saturated carbocycles. The summed E-state index contributed by atoms with van der Waals surface area (Å²) in [6, 6.07) is 165. The number of hydrogen-bond acceptors (Lipinski definition) is 6. The SMILES string of the molecule is c1ccc(-c2ccc(-n3c4ccccc4c4ccc5c6ccccc6n(-c6nc(-c7ccccc7)nc(-c7cccc(-c8cccc(-c9cccc(-c%10cccc(-c%11ccc(-n%12c%13ccccc%13c%13ccc%14c%15ccccc%15n(-c%15nc(-c%16ccccc%16)nc(-c%16cccc(-c%17cc(-c%18ccccc%18)cc(-c%18ccccc%18)c%17)c%16)n%15)c%14c%13%12)cc%11)c%10)c9)c8)c7)n6)c5c43)cc2)cc1. The second-order valence-electron chi connectivity index (χ2n) is 33.3. The van der Waals surface area contributed by atoms with Gasteiger partial charge in [-0.05, 0) is 186 Å². The second-order valence-corrected chi connectivity index (χ2v) is 33.3. The Labute approximate surface area is 749 Å². The van der Waals surface area contributed by atoms with Crippen LogP contribution in [-0.4, -0.2) is 48.2 Å². The largest absolute Gasteiger partial charge is 0.307 e. The van der Waals surface area contributed by atoms with Gasteiger partial charge in [0.05, 0.1) is 44.1 Å². The zero-order valence-corrected chi connectivity index (χ0v) is 70.4. The molecule has 25 rings (SSSR count). The molecule has 606 valence electrons. The van der Waals surface area contributed by atoms with E-state index >= 15 is 0 Å². The molecule has 0 radical (unpaired) electrons. The predicted octanol–water partition coefficient (Wildman–Crippen LogP) is 30.4. The molecule has 0 atom stereocenters. The third-order valence-electron chi connectivity index (χ3n) is 25.6. The molecular weight excluding hydrogens is 1580 g/mol. The van der Waals surface area contributed by atoms with Gasteiger partial charge in [-0.3, -0.25) is 9.13 Å². The predicted molar refractivity (Wildman–Crippen MR) is 536 cm³/mol. The van der Waals surface area contributed by atoms with Crippen LogP contribution >= 0.6 is 0 Å². The summed E-state index contributed by atoms with van der Waals surface area (Å²) in [4.78, 5) is 32.8. The summed E-state index contributed by atoms with van der Waals surface area (Å²) < 4.78 is 9.39. The van der Waals surface area contributed by atoms with Crippen LogP contribution in [0.1, 0.15) is 0 Å². The minimum absolute atomic E-state index is 0.519. The van der Waals surface area contributed by atoms with Crippen molar-refractivity contribution in [1.29, 1.82) is 0 Å². The Balaban J connectivity index is 0.552. The first kappa shape index (κ1) is 75.0. The van der Waals surface area contributed by atoms with E-state index < -0.39 is 0 Å². The van der Waals surface area contributed by atoms with Crippen molar-refractivity contribution in [2.75, 3.05) is 0 Å². The number of nitrogens with zero attached hydrogens (tertiary/aromatic N) is 10. The van der Waals surface area contributed by atoms with Crippen LogP contribution in [-0.2, 0) is 0 Å². The second kappa shape index (κ2) is 31.3. The number of aromatic nitrogens is 10. The average Bonchev–Trinajstić information content (AvgIpc) is 1.55. The molecule has 0 fully saturated rings. The maximum Gasteiger partial charge on any atom is 0.238 e. The molecule has 10 heteroatoms. The molecule has 6 heterocycles. The van der Waals surface area contributed by atoms with Crippen LogP contribution in [0, 0.1) is 0 Å². The molecule has 0 aliphatic heterocycles. The van der Waals surface area contributed by atoms with Gasteiger partial charge < -0.3 is 9.13 Å². The first-order chi connectivity index (χ1) is 64.4. The third-order valence-corrected chi connectivity index (χ3v) is 25.6. The highest BCUT2D eigenvalue weighted by molar-refractivity contribution is 6.25. The van der Waals surface area contributed by atoms with Crippen LogP contribution in [0.3, 0.4) is 0 Å². The number of rotatable bonds is 16. The lowest BCUT2D eigenvalue weighted by Crippen LogP contribution is -2.07. The number of hydrogen-bond donors (Lipinski definition) is 0. The molecule has 19 aromatic carbocycles. The molecule has 0 saturated heterocycles. The Kier molecular flexibility index (Phi) is 18.0. The topological polar surface area (TPSA) is 97.1 Å². The fraction of sp³-hybridized carbons (Fsp3) is 0. The molecule has 0 N–H and O–H groups in total. The molecule has 10 nitrogen and oxygen atoms in total. The molecule has 0 aliphatic carbocycles. The normalized spacial score (nSPS) is 11.7. The molecule has 130 heavy (non-hydrogen) atoms. The molecule has 0 bridgehead atoms. The first-order valence-corrected chi connectivity index (χ1v) is 44.0. The van der Waals surface area contributed by atoms with Crippen molar-refractivity contribution in [3.8, 4) is 158 Å². The van der Waals surface area contributed by atoms with E-state index in [1.807, 2.05) is 36.4 Å². The van der Waals surface area contributed by atoms with Crippen LogP contribution < -0.4 is 0 Å². The first-order valence-electron chi connectivity index (χ1n) is 44.0. The highest BCUT2D eigenvalue weighted by Gasteiger charge is 2.28. The fourth-order valence-electron chi connectivity index (χ4n) is 19.5. The zero-order valence-electron chi connectivity index (χ0n) is 70.4. The van der Waals surface area contributed by atoms with Crippen molar-refractivity contribution in [3.05, 3.63) is 461 Å². The quantitative estimate of drug-likeness (QED) is 0.0956. The van der Waals surface area contributed by atoms with Gasteiger partial charge in [0.15, 0.2) is 23.3 Å². The maximum atomic E-state index is 5.60. The smallest absolute Gasteiger partial charge is 0.238 e. The Hall–Kier alpha value is -17.6. The van der Waals surface area contributed by atoms with Crippen molar-refractivity contribution >= 4 is 87.2 Å². The zero-order chi connectivity index (χ0) is 85.7. The summed E-state index contributed by atoms with van der Waals surface area (Å²) in [6.45, 7) is 0. The van der Waals surface area contributed by atoms with Crippen LogP contribution in [0.5, 0.6) is 0 Å². The summed E-state index contributed by atoms with van der Waals surface area (Å²) in [5, 5.41) is 8.96. The van der Waals surface area contributed by atoms with Crippen molar-refractivity contribution in [2.24, 2.45) is 0 Å². The van der Waals surface area contributed by atoms with Gasteiger partial charge in [-0.25, -0.2) is 9.97 Å². The Bertz CT molecular complexity index is 8700. The minimum atomic E-state index is 0.519. The van der Waals surface area contributed by atoms with E-state index in [2.05, 4.69) is 443 Å². The monoisotopic (exact) mass is 1660 g/mol.